The van der Waals surface area contributed by atoms with Gasteiger partial charge in [-0.15, -0.1) is 11.3 Å². The first kappa shape index (κ1) is 29.0. The highest BCUT2D eigenvalue weighted by Gasteiger charge is 2.26. The lowest BCUT2D eigenvalue weighted by molar-refractivity contribution is 1.18. The van der Waals surface area contributed by atoms with Crippen molar-refractivity contribution in [3.63, 3.8) is 0 Å². The van der Waals surface area contributed by atoms with Crippen LogP contribution in [-0.2, 0) is 0 Å². The van der Waals surface area contributed by atoms with Crippen LogP contribution in [0, 0.1) is 0 Å². The van der Waals surface area contributed by atoms with Gasteiger partial charge in [0.05, 0.1) is 11.0 Å². The zero-order valence-corrected chi connectivity index (χ0v) is 29.4. The molecule has 0 aliphatic heterocycles. The lowest BCUT2D eigenvalue weighted by atomic mass is 9.95. The average molecular weight is 691 g/mol. The first-order valence-electron chi connectivity index (χ1n) is 18.2. The van der Waals surface area contributed by atoms with Crippen LogP contribution < -0.4 is 4.90 Å². The first-order chi connectivity index (χ1) is 26.3. The van der Waals surface area contributed by atoms with Crippen LogP contribution in [0.1, 0.15) is 0 Å². The highest BCUT2D eigenvalue weighted by Crippen LogP contribution is 2.52. The molecular formula is C50H30N2S. The second-order valence-corrected chi connectivity index (χ2v) is 15.2. The van der Waals surface area contributed by atoms with Gasteiger partial charge in [-0.2, -0.15) is 0 Å². The van der Waals surface area contributed by atoms with Crippen LogP contribution in [0.4, 0.5) is 17.1 Å². The van der Waals surface area contributed by atoms with Crippen LogP contribution in [0.5, 0.6) is 0 Å². The van der Waals surface area contributed by atoms with E-state index < -0.39 is 0 Å². The molecule has 0 radical (unpaired) electrons. The number of nitrogens with zero attached hydrogens (tertiary/aromatic N) is 2. The topological polar surface area (TPSA) is 8.17 Å². The average Bonchev–Trinajstić information content (AvgIpc) is 3.87. The van der Waals surface area contributed by atoms with Crippen LogP contribution >= 0.6 is 11.3 Å². The Balaban J connectivity index is 1.14. The molecular weight excluding hydrogens is 661 g/mol. The molecule has 0 amide bonds. The summed E-state index contributed by atoms with van der Waals surface area (Å²) < 4.78 is 5.03. The molecule has 2 heterocycles. The van der Waals surface area contributed by atoms with Crippen molar-refractivity contribution < 1.29 is 0 Å². The molecule has 0 atom stereocenters. The van der Waals surface area contributed by atoms with Gasteiger partial charge in [-0.1, -0.05) is 109 Å². The van der Waals surface area contributed by atoms with E-state index in [1.54, 1.807) is 0 Å². The molecule has 0 spiro atoms. The van der Waals surface area contributed by atoms with Crippen molar-refractivity contribution in [2.45, 2.75) is 0 Å². The third-order valence-electron chi connectivity index (χ3n) is 11.3. The molecule has 0 fully saturated rings. The molecule has 1 aliphatic carbocycles. The summed E-state index contributed by atoms with van der Waals surface area (Å²) in [4.78, 5) is 2.46. The number of aromatic nitrogens is 1. The molecule has 0 N–H and O–H groups in total. The fourth-order valence-electron chi connectivity index (χ4n) is 8.99. The van der Waals surface area contributed by atoms with Crippen LogP contribution in [0.25, 0.3) is 91.5 Å². The fraction of sp³-hybridized carbons (Fsp3) is 0. The van der Waals surface area contributed by atoms with Gasteiger partial charge >= 0.3 is 0 Å². The third kappa shape index (κ3) is 4.14. The number of rotatable bonds is 4. The predicted molar refractivity (Wildman–Crippen MR) is 228 cm³/mol. The van der Waals surface area contributed by atoms with Crippen LogP contribution in [0.15, 0.2) is 182 Å². The summed E-state index contributed by atoms with van der Waals surface area (Å²) in [7, 11) is 0. The van der Waals surface area contributed by atoms with Crippen molar-refractivity contribution in [3.8, 4) is 27.9 Å². The second kappa shape index (κ2) is 10.9. The van der Waals surface area contributed by atoms with Crippen molar-refractivity contribution >= 4 is 91.9 Å². The number of hydrogen-bond acceptors (Lipinski definition) is 2. The fourth-order valence-corrected chi connectivity index (χ4v) is 10.1. The Hall–Kier alpha value is -6.68. The van der Waals surface area contributed by atoms with Gasteiger partial charge in [-0.05, 0) is 117 Å². The Morgan fingerprint density at radius 2 is 1.06 bits per heavy atom. The first-order valence-corrected chi connectivity index (χ1v) is 19.0. The molecule has 0 saturated heterocycles. The minimum Gasteiger partial charge on any atom is -0.310 e. The third-order valence-corrected chi connectivity index (χ3v) is 12.4. The SMILES string of the molecule is c1ccc(-n2c3ccccc3c3ccc(N(c4ccc5c(c4)-c4c6ccccc6cc6cccc-5c46)c4ccc5sc6ccccc6c5c4)cc32)cc1. The molecule has 1 aliphatic rings. The van der Waals surface area contributed by atoms with Gasteiger partial charge in [-0.25, -0.2) is 0 Å². The Labute approximate surface area is 310 Å². The van der Waals surface area contributed by atoms with E-state index in [0.717, 1.165) is 22.7 Å². The monoisotopic (exact) mass is 690 g/mol. The Morgan fingerprint density at radius 3 is 1.98 bits per heavy atom. The zero-order chi connectivity index (χ0) is 34.6. The normalized spacial score (nSPS) is 12.2. The van der Waals surface area contributed by atoms with E-state index in [0.29, 0.717) is 0 Å². The van der Waals surface area contributed by atoms with Crippen LogP contribution in [0.2, 0.25) is 0 Å². The molecule has 0 bridgehead atoms. The molecule has 246 valence electrons. The minimum absolute atomic E-state index is 1.12. The number of anilines is 3. The lowest BCUT2D eigenvalue weighted by Crippen LogP contribution is -2.10. The van der Waals surface area contributed by atoms with E-state index in [9.17, 15) is 0 Å². The minimum atomic E-state index is 1.12. The summed E-state index contributed by atoms with van der Waals surface area (Å²) in [6.45, 7) is 0. The van der Waals surface area contributed by atoms with Crippen molar-refractivity contribution in [1.29, 1.82) is 0 Å². The maximum atomic E-state index is 2.46. The van der Waals surface area contributed by atoms with E-state index in [1.165, 1.54) is 85.8 Å². The number of fused-ring (bicyclic) bond motifs is 11. The maximum absolute atomic E-state index is 2.46. The maximum Gasteiger partial charge on any atom is 0.0561 e. The highest BCUT2D eigenvalue weighted by molar-refractivity contribution is 7.25. The Bertz CT molecular complexity index is 3290. The highest BCUT2D eigenvalue weighted by atomic mass is 32.1. The van der Waals surface area contributed by atoms with E-state index in [4.69, 9.17) is 0 Å². The van der Waals surface area contributed by atoms with Crippen molar-refractivity contribution in [2.75, 3.05) is 4.90 Å². The molecule has 0 unspecified atom stereocenters. The van der Waals surface area contributed by atoms with E-state index in [1.807, 2.05) is 11.3 Å². The molecule has 2 nitrogen and oxygen atoms in total. The number of hydrogen-bond donors (Lipinski definition) is 0. The van der Waals surface area contributed by atoms with Gasteiger partial charge in [0.15, 0.2) is 0 Å². The standard InChI is InChI=1S/C50H30N2S/c1-2-13-33(14-3-1)52-45-19-8-6-16-39(45)40-25-22-36(30-46(40)52)51(35-23-26-48-43(28-35)41-17-7-9-20-47(41)53-48)34-21-24-38-42-18-10-12-32-27-31-11-4-5-15-37(31)50(49(32)42)44(38)29-34/h1-30H. The second-order valence-electron chi connectivity index (χ2n) is 14.1. The zero-order valence-electron chi connectivity index (χ0n) is 28.6. The Kier molecular flexibility index (Phi) is 5.96. The number of benzene rings is 9. The summed E-state index contributed by atoms with van der Waals surface area (Å²) in [6.07, 6.45) is 0. The van der Waals surface area contributed by atoms with E-state index in [2.05, 4.69) is 191 Å². The van der Waals surface area contributed by atoms with Gasteiger partial charge < -0.3 is 9.47 Å². The van der Waals surface area contributed by atoms with Gasteiger partial charge in [0.1, 0.15) is 0 Å². The lowest BCUT2D eigenvalue weighted by Gasteiger charge is -2.27. The van der Waals surface area contributed by atoms with Crippen molar-refractivity contribution in [2.24, 2.45) is 0 Å². The van der Waals surface area contributed by atoms with E-state index in [-0.39, 0.29) is 0 Å². The molecule has 3 heteroatoms. The van der Waals surface area contributed by atoms with Gasteiger partial charge in [0.25, 0.3) is 0 Å². The van der Waals surface area contributed by atoms with Crippen LogP contribution in [-0.4, -0.2) is 4.57 Å². The molecule has 2 aromatic heterocycles. The van der Waals surface area contributed by atoms with Crippen LogP contribution in [0.3, 0.4) is 0 Å². The van der Waals surface area contributed by atoms with Crippen molar-refractivity contribution in [1.82, 2.24) is 4.57 Å². The summed E-state index contributed by atoms with van der Waals surface area (Å²) in [5.41, 5.74) is 12.2. The molecule has 53 heavy (non-hydrogen) atoms. The quantitative estimate of drug-likeness (QED) is 0.167. The molecule has 0 saturated carbocycles. The molecule has 9 aromatic carbocycles. The van der Waals surface area contributed by atoms with Gasteiger partial charge in [-0.3, -0.25) is 0 Å². The summed E-state index contributed by atoms with van der Waals surface area (Å²) >= 11 is 1.86. The number of thiophene rings is 1. The van der Waals surface area contributed by atoms with Gasteiger partial charge in [0.2, 0.25) is 0 Å². The van der Waals surface area contributed by atoms with Gasteiger partial charge in [0, 0.05) is 53.7 Å². The smallest absolute Gasteiger partial charge is 0.0561 e. The summed E-state index contributed by atoms with van der Waals surface area (Å²) in [6, 6.07) is 67.3. The Morgan fingerprint density at radius 1 is 0.377 bits per heavy atom. The number of para-hydroxylation sites is 2. The summed E-state index contributed by atoms with van der Waals surface area (Å²) in [5, 5.41) is 10.3. The van der Waals surface area contributed by atoms with E-state index >= 15 is 0 Å². The molecule has 12 rings (SSSR count). The largest absolute Gasteiger partial charge is 0.310 e. The molecule has 11 aromatic rings. The van der Waals surface area contributed by atoms with Crippen molar-refractivity contribution in [3.05, 3.63) is 182 Å². The predicted octanol–water partition coefficient (Wildman–Crippen LogP) is 14.6. The summed E-state index contributed by atoms with van der Waals surface area (Å²) in [5.74, 6) is 0.